The molecule has 10 heteroatoms. The molecule has 0 bridgehead atoms. The van der Waals surface area contributed by atoms with Gasteiger partial charge in [0, 0.05) is 32.3 Å². The monoisotopic (exact) mass is 390 g/mol. The lowest BCUT2D eigenvalue weighted by molar-refractivity contribution is -0.274. The van der Waals surface area contributed by atoms with E-state index in [0.717, 1.165) is 11.6 Å². The number of ether oxygens (including phenoxy) is 1. The van der Waals surface area contributed by atoms with Crippen molar-refractivity contribution in [3.05, 3.63) is 42.2 Å². The Bertz CT molecular complexity index is 766. The minimum Gasteiger partial charge on any atom is -0.404 e. The van der Waals surface area contributed by atoms with Crippen LogP contribution in [0, 0.1) is 5.92 Å². The van der Waals surface area contributed by atoms with Crippen LogP contribution in [-0.2, 0) is 11.8 Å². The standard InChI is InChI=1S/C16H17F3N4O2.ClH/c1-23-9-10(6-21-23)11-7-20-8-12(11)15(24)22-13-4-2-3-5-14(13)25-16(17,18)19;/h2-6,9,11-12,20H,7-8H2,1H3,(H,22,24);1H/t11-,12+;/m1./s1. The largest absolute Gasteiger partial charge is 0.573 e. The number of alkyl halides is 3. The first-order valence-electron chi connectivity index (χ1n) is 7.68. The molecule has 1 aliphatic heterocycles. The molecule has 0 saturated carbocycles. The van der Waals surface area contributed by atoms with Gasteiger partial charge in [-0.25, -0.2) is 0 Å². The molecule has 0 aliphatic carbocycles. The van der Waals surface area contributed by atoms with Crippen LogP contribution in [0.2, 0.25) is 0 Å². The van der Waals surface area contributed by atoms with Crippen molar-refractivity contribution in [2.75, 3.05) is 18.4 Å². The van der Waals surface area contributed by atoms with Gasteiger partial charge in [-0.15, -0.1) is 25.6 Å². The zero-order valence-corrected chi connectivity index (χ0v) is 14.6. The first-order chi connectivity index (χ1) is 11.8. The molecule has 142 valence electrons. The van der Waals surface area contributed by atoms with E-state index >= 15 is 0 Å². The van der Waals surface area contributed by atoms with Crippen molar-refractivity contribution in [3.8, 4) is 5.75 Å². The van der Waals surface area contributed by atoms with E-state index in [4.69, 9.17) is 0 Å². The average Bonchev–Trinajstić information content (AvgIpc) is 3.16. The van der Waals surface area contributed by atoms with Gasteiger partial charge in [-0.2, -0.15) is 5.10 Å². The maximum atomic E-state index is 12.6. The van der Waals surface area contributed by atoms with Crippen molar-refractivity contribution < 1.29 is 22.7 Å². The fourth-order valence-corrected chi connectivity index (χ4v) is 2.95. The van der Waals surface area contributed by atoms with Crippen LogP contribution in [0.4, 0.5) is 18.9 Å². The third-order valence-corrected chi connectivity index (χ3v) is 4.07. The molecular weight excluding hydrogens is 373 g/mol. The minimum absolute atomic E-state index is 0. The molecule has 1 aromatic heterocycles. The quantitative estimate of drug-likeness (QED) is 0.842. The third-order valence-electron chi connectivity index (χ3n) is 4.07. The first kappa shape index (κ1) is 20.1. The van der Waals surface area contributed by atoms with Gasteiger partial charge in [-0.3, -0.25) is 9.48 Å². The number of nitrogens with one attached hydrogen (secondary N) is 2. The summed E-state index contributed by atoms with van der Waals surface area (Å²) in [5, 5.41) is 9.80. The van der Waals surface area contributed by atoms with Gasteiger partial charge in [0.05, 0.1) is 17.8 Å². The van der Waals surface area contributed by atoms with E-state index < -0.39 is 18.0 Å². The van der Waals surface area contributed by atoms with E-state index in [-0.39, 0.29) is 29.9 Å². The molecule has 0 radical (unpaired) electrons. The number of carbonyl (C=O) groups excluding carboxylic acids is 1. The summed E-state index contributed by atoms with van der Waals surface area (Å²) in [6, 6.07) is 5.48. The molecule has 1 saturated heterocycles. The summed E-state index contributed by atoms with van der Waals surface area (Å²) in [4.78, 5) is 12.6. The number of nitrogens with zero attached hydrogens (tertiary/aromatic N) is 2. The fraction of sp³-hybridized carbons (Fsp3) is 0.375. The molecule has 2 N–H and O–H groups in total. The van der Waals surface area contributed by atoms with Crippen molar-refractivity contribution >= 4 is 24.0 Å². The van der Waals surface area contributed by atoms with Crippen LogP contribution in [0.5, 0.6) is 5.75 Å². The number of hydrogen-bond donors (Lipinski definition) is 2. The highest BCUT2D eigenvalue weighted by Crippen LogP contribution is 2.33. The number of aromatic nitrogens is 2. The summed E-state index contributed by atoms with van der Waals surface area (Å²) >= 11 is 0. The van der Waals surface area contributed by atoms with Gasteiger partial charge < -0.3 is 15.4 Å². The Balaban J connectivity index is 0.00000243. The number of anilines is 1. The number of hydrogen-bond acceptors (Lipinski definition) is 4. The van der Waals surface area contributed by atoms with Gasteiger partial charge >= 0.3 is 6.36 Å². The van der Waals surface area contributed by atoms with Crippen LogP contribution in [0.1, 0.15) is 11.5 Å². The van der Waals surface area contributed by atoms with Crippen LogP contribution >= 0.6 is 12.4 Å². The molecule has 1 amide bonds. The maximum absolute atomic E-state index is 12.6. The molecule has 2 heterocycles. The molecular formula is C16H18ClF3N4O2. The third kappa shape index (κ3) is 4.67. The Morgan fingerprint density at radius 2 is 2.08 bits per heavy atom. The topological polar surface area (TPSA) is 68.2 Å². The van der Waals surface area contributed by atoms with Gasteiger partial charge in [0.1, 0.15) is 0 Å². The van der Waals surface area contributed by atoms with E-state index in [1.807, 2.05) is 6.20 Å². The smallest absolute Gasteiger partial charge is 0.404 e. The Morgan fingerprint density at radius 3 is 2.73 bits per heavy atom. The predicted molar refractivity (Wildman–Crippen MR) is 91.3 cm³/mol. The Morgan fingerprint density at radius 1 is 1.35 bits per heavy atom. The number of para-hydroxylation sites is 2. The number of rotatable bonds is 4. The van der Waals surface area contributed by atoms with Gasteiger partial charge in [-0.1, -0.05) is 12.1 Å². The molecule has 3 rings (SSSR count). The second-order valence-corrected chi connectivity index (χ2v) is 5.85. The molecule has 2 atom stereocenters. The van der Waals surface area contributed by atoms with Crippen LogP contribution in [-0.4, -0.2) is 35.1 Å². The highest BCUT2D eigenvalue weighted by molar-refractivity contribution is 5.95. The van der Waals surface area contributed by atoms with E-state index in [0.29, 0.717) is 13.1 Å². The Kier molecular flexibility index (Phi) is 6.14. The second-order valence-electron chi connectivity index (χ2n) is 5.85. The van der Waals surface area contributed by atoms with Crippen LogP contribution < -0.4 is 15.4 Å². The minimum atomic E-state index is -4.83. The molecule has 0 unspecified atom stereocenters. The van der Waals surface area contributed by atoms with Crippen molar-refractivity contribution in [1.29, 1.82) is 0 Å². The predicted octanol–water partition coefficient (Wildman–Crippen LogP) is 2.68. The Labute approximate surface area is 154 Å². The van der Waals surface area contributed by atoms with Gasteiger partial charge in [0.15, 0.2) is 5.75 Å². The van der Waals surface area contributed by atoms with E-state index in [1.54, 1.807) is 17.9 Å². The summed E-state index contributed by atoms with van der Waals surface area (Å²) in [5.74, 6) is -1.31. The van der Waals surface area contributed by atoms with Gasteiger partial charge in [0.2, 0.25) is 5.91 Å². The molecule has 6 nitrogen and oxygen atoms in total. The van der Waals surface area contributed by atoms with Crippen LogP contribution in [0.25, 0.3) is 0 Å². The molecule has 1 fully saturated rings. The SMILES string of the molecule is Cl.Cn1cc([C@H]2CNC[C@@H]2C(=O)Nc2ccccc2OC(F)(F)F)cn1. The fourth-order valence-electron chi connectivity index (χ4n) is 2.95. The van der Waals surface area contributed by atoms with Crippen molar-refractivity contribution in [3.63, 3.8) is 0 Å². The summed E-state index contributed by atoms with van der Waals surface area (Å²) in [6.07, 6.45) is -1.30. The van der Waals surface area contributed by atoms with E-state index in [9.17, 15) is 18.0 Å². The second kappa shape index (κ2) is 7.96. The first-order valence-corrected chi connectivity index (χ1v) is 7.68. The maximum Gasteiger partial charge on any atom is 0.573 e. The highest BCUT2D eigenvalue weighted by atomic mass is 35.5. The summed E-state index contributed by atoms with van der Waals surface area (Å²) in [7, 11) is 1.78. The van der Waals surface area contributed by atoms with Gasteiger partial charge in [0.25, 0.3) is 0 Å². The van der Waals surface area contributed by atoms with Crippen molar-refractivity contribution in [2.24, 2.45) is 13.0 Å². The average molecular weight is 391 g/mol. The van der Waals surface area contributed by atoms with E-state index in [1.165, 1.54) is 18.2 Å². The van der Waals surface area contributed by atoms with Crippen LogP contribution in [0.15, 0.2) is 36.7 Å². The molecule has 1 aliphatic rings. The normalized spacial score (nSPS) is 19.7. The zero-order chi connectivity index (χ0) is 18.0. The van der Waals surface area contributed by atoms with Crippen molar-refractivity contribution in [1.82, 2.24) is 15.1 Å². The molecule has 2 aromatic rings. The van der Waals surface area contributed by atoms with Crippen LogP contribution in [0.3, 0.4) is 0 Å². The number of aryl methyl sites for hydroxylation is 1. The Hall–Kier alpha value is -2.26. The molecule has 26 heavy (non-hydrogen) atoms. The summed E-state index contributed by atoms with van der Waals surface area (Å²) < 4.78 is 43.1. The highest BCUT2D eigenvalue weighted by Gasteiger charge is 2.36. The zero-order valence-electron chi connectivity index (χ0n) is 13.8. The number of amides is 1. The molecule has 0 spiro atoms. The lowest BCUT2D eigenvalue weighted by Crippen LogP contribution is -2.28. The molecule has 1 aromatic carbocycles. The van der Waals surface area contributed by atoms with Gasteiger partial charge in [-0.05, 0) is 17.7 Å². The van der Waals surface area contributed by atoms with E-state index in [2.05, 4.69) is 20.5 Å². The lowest BCUT2D eigenvalue weighted by Gasteiger charge is -2.19. The van der Waals surface area contributed by atoms with Crippen molar-refractivity contribution in [2.45, 2.75) is 12.3 Å². The number of halogens is 4. The number of carbonyl (C=O) groups is 1. The summed E-state index contributed by atoms with van der Waals surface area (Å²) in [5.41, 5.74) is 0.897. The lowest BCUT2D eigenvalue weighted by atomic mass is 9.90. The number of benzene rings is 1. The summed E-state index contributed by atoms with van der Waals surface area (Å²) in [6.45, 7) is 1.04.